The number of nitrogens with zero attached hydrogens (tertiary/aromatic N) is 2. The summed E-state index contributed by atoms with van der Waals surface area (Å²) in [4.78, 5) is 2.48. The Hall–Kier alpha value is -9.96. The third-order valence-electron chi connectivity index (χ3n) is 17.5. The van der Waals surface area contributed by atoms with E-state index < -0.39 is 10.8 Å². The molecule has 1 atom stereocenters. The summed E-state index contributed by atoms with van der Waals surface area (Å²) in [6.45, 7) is 0. The Morgan fingerprint density at radius 1 is 0.312 bits per heavy atom. The quantitative estimate of drug-likeness (QED) is 0.166. The predicted molar refractivity (Wildman–Crippen MR) is 316 cm³/mol. The maximum absolute atomic E-state index is 6.60. The van der Waals surface area contributed by atoms with Crippen LogP contribution in [0.5, 0.6) is 0 Å². The molecule has 0 bridgehead atoms. The van der Waals surface area contributed by atoms with Crippen LogP contribution in [-0.4, -0.2) is 4.57 Å². The minimum Gasteiger partial charge on any atom is -0.455 e. The Morgan fingerprint density at radius 2 is 0.844 bits per heavy atom. The lowest BCUT2D eigenvalue weighted by molar-refractivity contribution is 0.670. The van der Waals surface area contributed by atoms with Crippen LogP contribution < -0.4 is 4.90 Å². The van der Waals surface area contributed by atoms with Gasteiger partial charge in [-0.05, 0) is 127 Å². The number of anilines is 3. The van der Waals surface area contributed by atoms with Crippen LogP contribution in [0, 0.1) is 0 Å². The van der Waals surface area contributed by atoms with Crippen molar-refractivity contribution in [2.75, 3.05) is 4.90 Å². The predicted octanol–water partition coefficient (Wildman–Crippen LogP) is 18.9. The molecule has 12 aromatic carbocycles. The van der Waals surface area contributed by atoms with Gasteiger partial charge in [-0.15, -0.1) is 0 Å². The summed E-state index contributed by atoms with van der Waals surface area (Å²) in [6.07, 6.45) is 0. The smallest absolute Gasteiger partial charge is 0.143 e. The molecule has 3 aliphatic rings. The van der Waals surface area contributed by atoms with Gasteiger partial charge in [-0.1, -0.05) is 224 Å². The van der Waals surface area contributed by atoms with E-state index in [1.54, 1.807) is 0 Å². The average Bonchev–Trinajstić information content (AvgIpc) is 4.43. The maximum atomic E-state index is 6.60. The molecule has 1 unspecified atom stereocenters. The van der Waals surface area contributed by atoms with E-state index in [4.69, 9.17) is 4.42 Å². The Labute approximate surface area is 445 Å². The van der Waals surface area contributed by atoms with Gasteiger partial charge in [0.15, 0.2) is 0 Å². The molecule has 1 aliphatic heterocycles. The van der Waals surface area contributed by atoms with Crippen LogP contribution in [0.4, 0.5) is 17.1 Å². The van der Waals surface area contributed by atoms with E-state index >= 15 is 0 Å². The van der Waals surface area contributed by atoms with Crippen LogP contribution in [0.1, 0.15) is 44.5 Å². The van der Waals surface area contributed by atoms with E-state index in [1.807, 2.05) is 6.07 Å². The van der Waals surface area contributed by atoms with Crippen molar-refractivity contribution in [1.82, 2.24) is 4.57 Å². The summed E-state index contributed by atoms with van der Waals surface area (Å²) < 4.78 is 9.12. The van der Waals surface area contributed by atoms with Gasteiger partial charge in [-0.2, -0.15) is 0 Å². The standard InChI is InChI=1S/C74H46N2O/c1-3-19-48(20-4-1)73(49-21-5-2-6-22-49)62-30-11-7-23-54(62)56-43-41-52(46-67(56)73)75(50-39-37-47(38-40-50)53-27-17-29-60-58-26-10-16-36-70(58)77-72(53)60)51-42-44-64-61(45-51)55-24-8-12-31-63(55)74(64)65-32-13-15-35-69(65)76-68-34-14-9-25-57(68)59-28-18-33-66(74)71(59)76/h1-46H. The maximum Gasteiger partial charge on any atom is 0.143 e. The fourth-order valence-electron chi connectivity index (χ4n) is 14.5. The minimum absolute atomic E-state index is 0.556. The van der Waals surface area contributed by atoms with Crippen LogP contribution in [0.2, 0.25) is 0 Å². The molecule has 77 heavy (non-hydrogen) atoms. The lowest BCUT2D eigenvalue weighted by Crippen LogP contribution is -2.33. The first-order valence-electron chi connectivity index (χ1n) is 26.7. The topological polar surface area (TPSA) is 21.3 Å². The number of furan rings is 1. The molecule has 358 valence electrons. The first-order valence-corrected chi connectivity index (χ1v) is 26.7. The lowest BCUT2D eigenvalue weighted by atomic mass is 9.65. The van der Waals surface area contributed by atoms with Crippen LogP contribution in [0.3, 0.4) is 0 Å². The molecule has 3 heterocycles. The van der Waals surface area contributed by atoms with Crippen LogP contribution in [0.15, 0.2) is 283 Å². The van der Waals surface area contributed by atoms with Crippen molar-refractivity contribution >= 4 is 60.8 Å². The number of hydrogen-bond donors (Lipinski definition) is 0. The van der Waals surface area contributed by atoms with Crippen molar-refractivity contribution in [2.24, 2.45) is 0 Å². The SMILES string of the molecule is c1ccc(C2(c3ccccc3)c3ccccc3-c3ccc(N(c4ccc(-c5cccc6c5oc5ccccc56)cc4)c4ccc5c(c4)-c4ccccc4C54c5ccccc5-n5c6ccccc6c6cccc4c65)cc32)cc1. The zero-order valence-electron chi connectivity index (χ0n) is 41.9. The first-order chi connectivity index (χ1) is 38.2. The molecular formula is C74H46N2O. The Balaban J connectivity index is 0.913. The molecule has 0 saturated carbocycles. The summed E-state index contributed by atoms with van der Waals surface area (Å²) in [6, 6.07) is 104. The van der Waals surface area contributed by atoms with E-state index in [0.717, 1.165) is 50.1 Å². The fraction of sp³-hybridized carbons (Fsp3) is 0.0270. The molecule has 0 saturated heterocycles. The third-order valence-corrected chi connectivity index (χ3v) is 17.5. The largest absolute Gasteiger partial charge is 0.455 e. The van der Waals surface area contributed by atoms with Crippen molar-refractivity contribution in [2.45, 2.75) is 10.8 Å². The van der Waals surface area contributed by atoms with Crippen molar-refractivity contribution in [3.8, 4) is 39.1 Å². The highest BCUT2D eigenvalue weighted by molar-refractivity contribution is 6.13. The highest BCUT2D eigenvalue weighted by Crippen LogP contribution is 2.62. The van der Waals surface area contributed by atoms with Crippen LogP contribution >= 0.6 is 0 Å². The van der Waals surface area contributed by atoms with Gasteiger partial charge in [0.1, 0.15) is 11.2 Å². The highest BCUT2D eigenvalue weighted by atomic mass is 16.3. The van der Waals surface area contributed by atoms with Crippen molar-refractivity contribution in [1.29, 1.82) is 0 Å². The molecule has 0 fully saturated rings. The van der Waals surface area contributed by atoms with Gasteiger partial charge in [0.2, 0.25) is 0 Å². The molecule has 0 radical (unpaired) electrons. The second-order valence-electron chi connectivity index (χ2n) is 21.0. The second-order valence-corrected chi connectivity index (χ2v) is 21.0. The van der Waals surface area contributed by atoms with Crippen LogP contribution in [0.25, 0.3) is 82.8 Å². The van der Waals surface area contributed by atoms with Gasteiger partial charge in [0, 0.05) is 44.2 Å². The van der Waals surface area contributed by atoms with Crippen molar-refractivity contribution < 1.29 is 4.42 Å². The number of benzene rings is 12. The van der Waals surface area contributed by atoms with E-state index in [1.165, 1.54) is 94.3 Å². The number of fused-ring (bicyclic) bond motifs is 18. The van der Waals surface area contributed by atoms with Crippen LogP contribution in [-0.2, 0) is 10.8 Å². The summed E-state index contributed by atoms with van der Waals surface area (Å²) >= 11 is 0. The van der Waals surface area contributed by atoms with E-state index in [-0.39, 0.29) is 0 Å². The number of para-hydroxylation sites is 5. The Morgan fingerprint density at radius 3 is 1.64 bits per heavy atom. The van der Waals surface area contributed by atoms with Crippen molar-refractivity contribution in [3.05, 3.63) is 324 Å². The molecule has 3 nitrogen and oxygen atoms in total. The minimum atomic E-state index is -0.563. The first kappa shape index (κ1) is 42.4. The zero-order valence-corrected chi connectivity index (χ0v) is 41.9. The van der Waals surface area contributed by atoms with Gasteiger partial charge in [0.25, 0.3) is 0 Å². The third kappa shape index (κ3) is 5.54. The molecule has 3 heteroatoms. The molecular weight excluding hydrogens is 933 g/mol. The molecule has 1 spiro atoms. The molecule has 2 aromatic heterocycles. The summed E-state index contributed by atoms with van der Waals surface area (Å²) in [5.74, 6) is 0. The number of rotatable bonds is 6. The lowest BCUT2D eigenvalue weighted by Gasteiger charge is -2.39. The molecule has 17 rings (SSSR count). The van der Waals surface area contributed by atoms with Gasteiger partial charge in [-0.3, -0.25) is 0 Å². The summed E-state index contributed by atoms with van der Waals surface area (Å²) in [7, 11) is 0. The average molecular weight is 979 g/mol. The molecule has 14 aromatic rings. The van der Waals surface area contributed by atoms with Gasteiger partial charge < -0.3 is 13.9 Å². The second kappa shape index (κ2) is 15.8. The Bertz CT molecular complexity index is 4710. The molecule has 0 amide bonds. The monoisotopic (exact) mass is 978 g/mol. The number of aromatic nitrogens is 1. The van der Waals surface area contributed by atoms with E-state index in [9.17, 15) is 0 Å². The highest BCUT2D eigenvalue weighted by Gasteiger charge is 2.51. The molecule has 0 N–H and O–H groups in total. The van der Waals surface area contributed by atoms with Crippen molar-refractivity contribution in [3.63, 3.8) is 0 Å². The fourth-order valence-corrected chi connectivity index (χ4v) is 14.5. The van der Waals surface area contributed by atoms with Gasteiger partial charge in [0.05, 0.1) is 27.6 Å². The normalized spacial score (nSPS) is 15.2. The summed E-state index contributed by atoms with van der Waals surface area (Å²) in [5, 5.41) is 4.80. The van der Waals surface area contributed by atoms with E-state index in [0.29, 0.717) is 0 Å². The number of hydrogen-bond acceptors (Lipinski definition) is 2. The van der Waals surface area contributed by atoms with Gasteiger partial charge in [-0.25, -0.2) is 0 Å². The van der Waals surface area contributed by atoms with Gasteiger partial charge >= 0.3 is 0 Å². The zero-order chi connectivity index (χ0) is 50.4. The Kier molecular flexibility index (Phi) is 8.69. The van der Waals surface area contributed by atoms with E-state index in [2.05, 4.69) is 282 Å². The molecule has 2 aliphatic carbocycles. The summed E-state index contributed by atoms with van der Waals surface area (Å²) in [5.41, 5.74) is 25.1.